The lowest BCUT2D eigenvalue weighted by molar-refractivity contribution is -0.126. The molecule has 2 aromatic rings. The second kappa shape index (κ2) is 11.5. The van der Waals surface area contributed by atoms with Crippen LogP contribution in [0.15, 0.2) is 42.5 Å². The van der Waals surface area contributed by atoms with Crippen LogP contribution in [0.5, 0.6) is 11.5 Å². The summed E-state index contributed by atoms with van der Waals surface area (Å²) in [7, 11) is 0. The number of urea groups is 1. The number of nitrogens with one attached hydrogen (secondary N) is 1. The number of ether oxygens (including phenoxy) is 2. The number of benzene rings is 2. The minimum absolute atomic E-state index is 0.00662. The average molecular weight is 480 g/mol. The summed E-state index contributed by atoms with van der Waals surface area (Å²) in [5.41, 5.74) is 3.11. The maximum atomic E-state index is 13.4. The summed E-state index contributed by atoms with van der Waals surface area (Å²) in [6, 6.07) is 14.0. The van der Waals surface area contributed by atoms with Gasteiger partial charge in [0.25, 0.3) is 0 Å². The van der Waals surface area contributed by atoms with E-state index in [4.69, 9.17) is 9.47 Å². The molecule has 1 saturated heterocycles. The van der Waals surface area contributed by atoms with Crippen LogP contribution in [0.3, 0.4) is 0 Å². The zero-order valence-electron chi connectivity index (χ0n) is 21.1. The first kappa shape index (κ1) is 24.9. The van der Waals surface area contributed by atoms with Crippen molar-refractivity contribution in [2.24, 2.45) is 5.92 Å². The Morgan fingerprint density at radius 2 is 1.83 bits per heavy atom. The molecule has 0 aromatic heterocycles. The van der Waals surface area contributed by atoms with Crippen LogP contribution >= 0.6 is 0 Å². The molecular weight excluding hydrogens is 442 g/mol. The highest BCUT2D eigenvalue weighted by Crippen LogP contribution is 2.36. The number of hydrogen-bond acceptors (Lipinski definition) is 4. The molecule has 0 aliphatic carbocycles. The maximum Gasteiger partial charge on any atom is 0.324 e. The van der Waals surface area contributed by atoms with Crippen molar-refractivity contribution in [3.63, 3.8) is 0 Å². The van der Waals surface area contributed by atoms with Crippen molar-refractivity contribution >= 4 is 17.6 Å². The van der Waals surface area contributed by atoms with Crippen LogP contribution in [0, 0.1) is 12.8 Å². The third kappa shape index (κ3) is 6.08. The van der Waals surface area contributed by atoms with Crippen molar-refractivity contribution in [3.8, 4) is 11.5 Å². The lowest BCUT2D eigenvalue weighted by atomic mass is 9.96. The van der Waals surface area contributed by atoms with Crippen LogP contribution in [0.1, 0.15) is 44.2 Å². The molecule has 2 aromatic carbocycles. The van der Waals surface area contributed by atoms with Gasteiger partial charge in [0.2, 0.25) is 5.91 Å². The van der Waals surface area contributed by atoms with Crippen molar-refractivity contribution in [3.05, 3.63) is 53.6 Å². The monoisotopic (exact) mass is 479 g/mol. The van der Waals surface area contributed by atoms with Gasteiger partial charge >= 0.3 is 6.03 Å². The molecule has 4 rings (SSSR count). The summed E-state index contributed by atoms with van der Waals surface area (Å²) in [6.07, 6.45) is 2.99. The fraction of sp³-hybridized carbons (Fsp3) is 0.500. The average Bonchev–Trinajstić information content (AvgIpc) is 2.89. The van der Waals surface area contributed by atoms with E-state index in [9.17, 15) is 9.59 Å². The number of nitrogens with zero attached hydrogens (tertiary/aromatic N) is 2. The van der Waals surface area contributed by atoms with E-state index in [0.717, 1.165) is 35.6 Å². The quantitative estimate of drug-likeness (QED) is 0.632. The van der Waals surface area contributed by atoms with E-state index in [2.05, 4.69) is 12.2 Å². The highest BCUT2D eigenvalue weighted by Gasteiger charge is 2.34. The molecule has 0 unspecified atom stereocenters. The smallest absolute Gasteiger partial charge is 0.324 e. The van der Waals surface area contributed by atoms with Crippen LogP contribution in [-0.2, 0) is 11.2 Å². The molecule has 0 saturated carbocycles. The number of rotatable bonds is 7. The number of carbonyl (C=O) groups excluding carboxylic acids is 2. The zero-order chi connectivity index (χ0) is 24.8. The summed E-state index contributed by atoms with van der Waals surface area (Å²) in [5.74, 6) is 1.66. The van der Waals surface area contributed by atoms with E-state index in [1.54, 1.807) is 0 Å². The minimum atomic E-state index is -0.0537. The van der Waals surface area contributed by atoms with Gasteiger partial charge in [-0.1, -0.05) is 25.1 Å². The van der Waals surface area contributed by atoms with Gasteiger partial charge in [-0.2, -0.15) is 0 Å². The number of carbonyl (C=O) groups is 2. The Bertz CT molecular complexity index is 1020. The first-order chi connectivity index (χ1) is 17.0. The van der Waals surface area contributed by atoms with Gasteiger partial charge in [0.1, 0.15) is 17.6 Å². The number of fused-ring (bicyclic) bond motifs is 1. The summed E-state index contributed by atoms with van der Waals surface area (Å²) >= 11 is 0. The van der Waals surface area contributed by atoms with Gasteiger partial charge in [-0.3, -0.25) is 9.69 Å². The first-order valence-corrected chi connectivity index (χ1v) is 12.8. The van der Waals surface area contributed by atoms with Gasteiger partial charge in [0.15, 0.2) is 0 Å². The molecule has 7 nitrogen and oxygen atoms in total. The Morgan fingerprint density at radius 3 is 2.51 bits per heavy atom. The van der Waals surface area contributed by atoms with Gasteiger partial charge in [0.05, 0.1) is 18.8 Å². The summed E-state index contributed by atoms with van der Waals surface area (Å²) in [4.78, 5) is 29.9. The van der Waals surface area contributed by atoms with Crippen molar-refractivity contribution in [2.45, 2.75) is 52.6 Å². The van der Waals surface area contributed by atoms with Gasteiger partial charge < -0.3 is 19.7 Å². The van der Waals surface area contributed by atoms with Crippen molar-refractivity contribution in [2.75, 3.05) is 37.7 Å². The fourth-order valence-electron chi connectivity index (χ4n) is 4.75. The minimum Gasteiger partial charge on any atom is -0.494 e. The molecule has 1 atom stereocenters. The van der Waals surface area contributed by atoms with Crippen molar-refractivity contribution in [1.82, 2.24) is 10.2 Å². The number of anilines is 1. The Hall–Kier alpha value is -3.22. The molecule has 0 bridgehead atoms. The molecule has 2 heterocycles. The first-order valence-electron chi connectivity index (χ1n) is 12.8. The molecule has 1 N–H and O–H groups in total. The topological polar surface area (TPSA) is 71.1 Å². The van der Waals surface area contributed by atoms with Crippen LogP contribution in [-0.4, -0.2) is 55.7 Å². The maximum absolute atomic E-state index is 13.4. The lowest BCUT2D eigenvalue weighted by Crippen LogP contribution is -2.52. The molecular formula is C28H37N3O4. The summed E-state index contributed by atoms with van der Waals surface area (Å²) < 4.78 is 11.5. The second-order valence-corrected chi connectivity index (χ2v) is 9.39. The fourth-order valence-corrected chi connectivity index (χ4v) is 4.75. The molecule has 0 spiro atoms. The van der Waals surface area contributed by atoms with E-state index in [-0.39, 0.29) is 24.0 Å². The number of likely N-dealkylation sites (tertiary alicyclic amines) is 1. The summed E-state index contributed by atoms with van der Waals surface area (Å²) in [5, 5.41) is 3.08. The predicted molar refractivity (Wildman–Crippen MR) is 137 cm³/mol. The highest BCUT2D eigenvalue weighted by atomic mass is 16.5. The molecule has 35 heavy (non-hydrogen) atoms. The Labute approximate surface area is 208 Å². The number of aryl methyl sites for hydroxylation is 1. The van der Waals surface area contributed by atoms with Crippen molar-refractivity contribution < 1.29 is 19.1 Å². The van der Waals surface area contributed by atoms with E-state index in [1.807, 2.05) is 66.1 Å². The Morgan fingerprint density at radius 1 is 1.09 bits per heavy atom. The van der Waals surface area contributed by atoms with Gasteiger partial charge in [-0.25, -0.2) is 4.79 Å². The summed E-state index contributed by atoms with van der Waals surface area (Å²) in [6.45, 7) is 9.05. The van der Waals surface area contributed by atoms with Gasteiger partial charge in [-0.05, 0) is 74.9 Å². The van der Waals surface area contributed by atoms with Gasteiger partial charge in [-0.15, -0.1) is 0 Å². The van der Waals surface area contributed by atoms with Crippen LogP contribution in [0.2, 0.25) is 0 Å². The molecule has 2 aliphatic rings. The SMILES string of the molecule is CCOc1ccc(CCNC(=O)C2CCN(C(=O)N3C[C@H](CC)Oc4ccc(C)cc43)CC2)cc1. The third-order valence-corrected chi connectivity index (χ3v) is 6.85. The lowest BCUT2D eigenvalue weighted by Gasteiger charge is -2.39. The van der Waals surface area contributed by atoms with Crippen LogP contribution in [0.25, 0.3) is 0 Å². The largest absolute Gasteiger partial charge is 0.494 e. The molecule has 2 aliphatic heterocycles. The van der Waals surface area contributed by atoms with E-state index in [1.165, 1.54) is 5.56 Å². The normalized spacial score (nSPS) is 18.0. The highest BCUT2D eigenvalue weighted by molar-refractivity contribution is 5.94. The predicted octanol–water partition coefficient (Wildman–Crippen LogP) is 4.56. The Kier molecular flexibility index (Phi) is 8.16. The third-order valence-electron chi connectivity index (χ3n) is 6.85. The van der Waals surface area contributed by atoms with Crippen LogP contribution in [0.4, 0.5) is 10.5 Å². The number of amides is 3. The van der Waals surface area contributed by atoms with Gasteiger partial charge in [0, 0.05) is 25.6 Å². The number of hydrogen-bond donors (Lipinski definition) is 1. The van der Waals surface area contributed by atoms with E-state index < -0.39 is 0 Å². The van der Waals surface area contributed by atoms with E-state index in [0.29, 0.717) is 45.6 Å². The molecule has 7 heteroatoms. The zero-order valence-corrected chi connectivity index (χ0v) is 21.1. The molecule has 3 amide bonds. The Balaban J connectivity index is 1.27. The molecule has 188 valence electrons. The van der Waals surface area contributed by atoms with Crippen LogP contribution < -0.4 is 19.7 Å². The van der Waals surface area contributed by atoms with Crippen molar-refractivity contribution in [1.29, 1.82) is 0 Å². The second-order valence-electron chi connectivity index (χ2n) is 9.39. The molecule has 1 fully saturated rings. The van der Waals surface area contributed by atoms with E-state index >= 15 is 0 Å². The molecule has 0 radical (unpaired) electrons. The number of piperidine rings is 1. The standard InChI is InChI=1S/C28H37N3O4/c1-4-23-19-31(25-18-20(3)6-11-26(25)35-23)28(33)30-16-13-22(14-17-30)27(32)29-15-12-21-7-9-24(10-8-21)34-5-2/h6-11,18,22-23H,4-5,12-17,19H2,1-3H3,(H,29,32)/t23-/m0/s1.